The highest BCUT2D eigenvalue weighted by Crippen LogP contribution is 2.17. The second-order valence-electron chi connectivity index (χ2n) is 2.38. The van der Waals surface area contributed by atoms with Gasteiger partial charge in [-0.3, -0.25) is 4.79 Å². The third-order valence-electron chi connectivity index (χ3n) is 1.57. The van der Waals surface area contributed by atoms with Crippen LogP contribution in [0.4, 0.5) is 0 Å². The Labute approximate surface area is 81.8 Å². The first-order valence-electron chi connectivity index (χ1n) is 3.73. The molecule has 0 radical (unpaired) electrons. The number of methoxy groups -OCH3 is 1. The molecule has 0 aliphatic rings. The quantitative estimate of drug-likeness (QED) is 0.422. The van der Waals surface area contributed by atoms with Crippen LogP contribution >= 0.6 is 11.6 Å². The largest absolute Gasteiger partial charge is 0.496 e. The Kier molecular flexibility index (Phi) is 3.53. The molecule has 0 amide bonds. The summed E-state index contributed by atoms with van der Waals surface area (Å²) in [6.45, 7) is 0. The third-order valence-corrected chi connectivity index (χ3v) is 1.82. The van der Waals surface area contributed by atoms with Crippen molar-refractivity contribution in [3.05, 3.63) is 40.9 Å². The second-order valence-corrected chi connectivity index (χ2v) is 2.81. The standard InChI is InChI=1S/C10H9ClO2/c1-13-10(6-7-12)8-2-4-9(11)5-3-8/h2-7H,1H3/b10-6-. The summed E-state index contributed by atoms with van der Waals surface area (Å²) in [6.07, 6.45) is 2.05. The van der Waals surface area contributed by atoms with E-state index >= 15 is 0 Å². The van der Waals surface area contributed by atoms with Crippen molar-refractivity contribution in [1.82, 2.24) is 0 Å². The zero-order valence-corrected chi connectivity index (χ0v) is 7.91. The molecule has 1 aromatic rings. The van der Waals surface area contributed by atoms with Crippen LogP contribution in [0.25, 0.3) is 5.76 Å². The lowest BCUT2D eigenvalue weighted by atomic mass is 10.2. The monoisotopic (exact) mass is 196 g/mol. The molecule has 13 heavy (non-hydrogen) atoms. The van der Waals surface area contributed by atoms with Gasteiger partial charge in [-0.2, -0.15) is 0 Å². The third kappa shape index (κ3) is 2.60. The van der Waals surface area contributed by atoms with Crippen molar-refractivity contribution in [2.45, 2.75) is 0 Å². The van der Waals surface area contributed by atoms with E-state index in [1.807, 2.05) is 0 Å². The van der Waals surface area contributed by atoms with Gasteiger partial charge >= 0.3 is 0 Å². The molecule has 1 rings (SSSR count). The molecule has 2 nitrogen and oxygen atoms in total. The second kappa shape index (κ2) is 4.67. The van der Waals surface area contributed by atoms with Crippen molar-refractivity contribution in [2.24, 2.45) is 0 Å². The Morgan fingerprint density at radius 3 is 2.46 bits per heavy atom. The molecule has 0 spiro atoms. The van der Waals surface area contributed by atoms with Gasteiger partial charge in [0.2, 0.25) is 0 Å². The van der Waals surface area contributed by atoms with Crippen molar-refractivity contribution in [1.29, 1.82) is 0 Å². The van der Waals surface area contributed by atoms with Crippen LogP contribution in [0.2, 0.25) is 5.02 Å². The van der Waals surface area contributed by atoms with Gasteiger partial charge in [0.25, 0.3) is 0 Å². The molecule has 0 bridgehead atoms. The van der Waals surface area contributed by atoms with Crippen molar-refractivity contribution < 1.29 is 9.53 Å². The fourth-order valence-electron chi connectivity index (χ4n) is 0.958. The van der Waals surface area contributed by atoms with Gasteiger partial charge in [-0.05, 0) is 24.3 Å². The lowest BCUT2D eigenvalue weighted by Gasteiger charge is -2.04. The van der Waals surface area contributed by atoms with E-state index in [1.54, 1.807) is 24.3 Å². The van der Waals surface area contributed by atoms with Crippen LogP contribution < -0.4 is 0 Å². The molecule has 0 saturated heterocycles. The first kappa shape index (κ1) is 9.81. The van der Waals surface area contributed by atoms with E-state index in [1.165, 1.54) is 13.2 Å². The molecule has 1 aromatic carbocycles. The van der Waals surface area contributed by atoms with Crippen LogP contribution in [0.3, 0.4) is 0 Å². The van der Waals surface area contributed by atoms with E-state index in [0.717, 1.165) is 5.56 Å². The van der Waals surface area contributed by atoms with Gasteiger partial charge in [0, 0.05) is 16.7 Å². The van der Waals surface area contributed by atoms with Gasteiger partial charge < -0.3 is 4.74 Å². The van der Waals surface area contributed by atoms with Gasteiger partial charge in [-0.15, -0.1) is 0 Å². The Hall–Kier alpha value is -1.28. The smallest absolute Gasteiger partial charge is 0.146 e. The number of hydrogen-bond acceptors (Lipinski definition) is 2. The average molecular weight is 197 g/mol. The molecular weight excluding hydrogens is 188 g/mol. The van der Waals surface area contributed by atoms with E-state index in [2.05, 4.69) is 0 Å². The minimum absolute atomic E-state index is 0.534. The number of allylic oxidation sites excluding steroid dienone is 1. The SMILES string of the molecule is CO/C(=C\C=O)c1ccc(Cl)cc1. The topological polar surface area (TPSA) is 26.3 Å². The van der Waals surface area contributed by atoms with E-state index in [0.29, 0.717) is 17.1 Å². The number of aldehydes is 1. The van der Waals surface area contributed by atoms with Gasteiger partial charge in [0.05, 0.1) is 7.11 Å². The molecule has 0 saturated carbocycles. The first-order valence-corrected chi connectivity index (χ1v) is 4.11. The summed E-state index contributed by atoms with van der Waals surface area (Å²) in [5, 5.41) is 0.658. The van der Waals surface area contributed by atoms with E-state index in [4.69, 9.17) is 16.3 Å². The van der Waals surface area contributed by atoms with Crippen LogP contribution in [0.5, 0.6) is 0 Å². The van der Waals surface area contributed by atoms with Gasteiger partial charge in [-0.1, -0.05) is 11.6 Å². The van der Waals surface area contributed by atoms with Crippen molar-refractivity contribution in [2.75, 3.05) is 7.11 Å². The van der Waals surface area contributed by atoms with Crippen molar-refractivity contribution >= 4 is 23.6 Å². The Morgan fingerprint density at radius 2 is 2.00 bits per heavy atom. The number of carbonyl (C=O) groups is 1. The summed E-state index contributed by atoms with van der Waals surface area (Å²) in [4.78, 5) is 10.2. The van der Waals surface area contributed by atoms with Gasteiger partial charge in [0.1, 0.15) is 12.0 Å². The van der Waals surface area contributed by atoms with Crippen LogP contribution in [0.1, 0.15) is 5.56 Å². The minimum Gasteiger partial charge on any atom is -0.496 e. The molecule has 0 fully saturated rings. The summed E-state index contributed by atoms with van der Waals surface area (Å²) >= 11 is 5.71. The van der Waals surface area contributed by atoms with Crippen LogP contribution in [-0.4, -0.2) is 13.4 Å². The van der Waals surface area contributed by atoms with E-state index in [9.17, 15) is 4.79 Å². The van der Waals surface area contributed by atoms with Crippen LogP contribution in [-0.2, 0) is 9.53 Å². The Bertz CT molecular complexity index is 314. The fraction of sp³-hybridized carbons (Fsp3) is 0.100. The highest BCUT2D eigenvalue weighted by molar-refractivity contribution is 6.30. The lowest BCUT2D eigenvalue weighted by molar-refractivity contribution is -0.104. The van der Waals surface area contributed by atoms with Gasteiger partial charge in [-0.25, -0.2) is 0 Å². The minimum atomic E-state index is 0.534. The van der Waals surface area contributed by atoms with E-state index < -0.39 is 0 Å². The maximum absolute atomic E-state index is 10.2. The molecule has 0 N–H and O–H groups in total. The summed E-state index contributed by atoms with van der Waals surface area (Å²) in [5.74, 6) is 0.534. The maximum Gasteiger partial charge on any atom is 0.146 e. The molecule has 0 unspecified atom stereocenters. The van der Waals surface area contributed by atoms with Crippen molar-refractivity contribution in [3.8, 4) is 0 Å². The predicted octanol–water partition coefficient (Wildman–Crippen LogP) is 2.53. The number of ether oxygens (including phenoxy) is 1. The van der Waals surface area contributed by atoms with E-state index in [-0.39, 0.29) is 0 Å². The molecule has 3 heteroatoms. The highest BCUT2D eigenvalue weighted by atomic mass is 35.5. The molecule has 0 heterocycles. The molecule has 0 aliphatic carbocycles. The molecule has 0 aliphatic heterocycles. The molecule has 68 valence electrons. The Morgan fingerprint density at radius 1 is 1.38 bits per heavy atom. The van der Waals surface area contributed by atoms with Crippen molar-refractivity contribution in [3.63, 3.8) is 0 Å². The van der Waals surface area contributed by atoms with Crippen LogP contribution in [0.15, 0.2) is 30.3 Å². The highest BCUT2D eigenvalue weighted by Gasteiger charge is 1.99. The number of hydrogen-bond donors (Lipinski definition) is 0. The fourth-order valence-corrected chi connectivity index (χ4v) is 1.08. The average Bonchev–Trinajstić information content (AvgIpc) is 2.16. The molecule has 0 atom stereocenters. The number of rotatable bonds is 3. The number of benzene rings is 1. The normalized spacial score (nSPS) is 11.1. The number of halogens is 1. The summed E-state index contributed by atoms with van der Waals surface area (Å²) < 4.78 is 5.00. The zero-order chi connectivity index (χ0) is 9.68. The molecule has 0 aromatic heterocycles. The molecular formula is C10H9ClO2. The van der Waals surface area contributed by atoms with Gasteiger partial charge in [0.15, 0.2) is 0 Å². The lowest BCUT2D eigenvalue weighted by Crippen LogP contribution is -1.87. The predicted molar refractivity (Wildman–Crippen MR) is 52.5 cm³/mol. The summed E-state index contributed by atoms with van der Waals surface area (Å²) in [6, 6.07) is 7.07. The Balaban J connectivity index is 2.99. The first-order chi connectivity index (χ1) is 6.27. The summed E-state index contributed by atoms with van der Waals surface area (Å²) in [5.41, 5.74) is 0.832. The maximum atomic E-state index is 10.2. The summed E-state index contributed by atoms with van der Waals surface area (Å²) in [7, 11) is 1.52. The van der Waals surface area contributed by atoms with Crippen LogP contribution in [0, 0.1) is 0 Å². The number of carbonyl (C=O) groups excluding carboxylic acids is 1. The zero-order valence-electron chi connectivity index (χ0n) is 7.16.